The first-order chi connectivity index (χ1) is 13.1. The van der Waals surface area contributed by atoms with Crippen LogP contribution >= 0.6 is 0 Å². The van der Waals surface area contributed by atoms with E-state index in [1.165, 1.54) is 12.1 Å². The van der Waals surface area contributed by atoms with E-state index in [-0.39, 0.29) is 36.4 Å². The maximum absolute atomic E-state index is 13.3. The molecule has 0 spiro atoms. The van der Waals surface area contributed by atoms with Gasteiger partial charge in [-0.05, 0) is 23.5 Å². The van der Waals surface area contributed by atoms with Crippen molar-refractivity contribution in [2.45, 2.75) is 53.4 Å². The summed E-state index contributed by atoms with van der Waals surface area (Å²) in [5.41, 5.74) is -0.470. The van der Waals surface area contributed by atoms with Crippen LogP contribution in [0.15, 0.2) is 36.7 Å². The smallest absolute Gasteiger partial charge is 0.335 e. The van der Waals surface area contributed by atoms with Gasteiger partial charge in [-0.1, -0.05) is 45.9 Å². The lowest BCUT2D eigenvalue weighted by molar-refractivity contribution is -0.138. The fourth-order valence-electron chi connectivity index (χ4n) is 3.10. The van der Waals surface area contributed by atoms with Crippen molar-refractivity contribution in [1.82, 2.24) is 14.5 Å². The molecule has 0 saturated heterocycles. The number of benzene rings is 1. The molecule has 154 valence electrons. The number of carbonyl (C=O) groups excluding carboxylic acids is 1. The van der Waals surface area contributed by atoms with E-state index in [1.54, 1.807) is 27.9 Å². The molecule has 0 aliphatic heterocycles. The third kappa shape index (κ3) is 6.11. The Morgan fingerprint density at radius 1 is 1.14 bits per heavy atom. The van der Waals surface area contributed by atoms with Crippen LogP contribution in [0.1, 0.15) is 51.1 Å². The summed E-state index contributed by atoms with van der Waals surface area (Å²) in [6, 6.07) is 5.54. The second kappa shape index (κ2) is 9.26. The average Bonchev–Trinajstić information content (AvgIpc) is 2.99. The van der Waals surface area contributed by atoms with Crippen LogP contribution in [0.25, 0.3) is 0 Å². The highest BCUT2D eigenvalue weighted by Crippen LogP contribution is 2.32. The van der Waals surface area contributed by atoms with Crippen molar-refractivity contribution < 1.29 is 18.0 Å². The molecule has 4 nitrogen and oxygen atoms in total. The van der Waals surface area contributed by atoms with Crippen LogP contribution in [0.4, 0.5) is 13.2 Å². The molecule has 0 unspecified atom stereocenters. The SMILES string of the molecule is CC(C)CC(=O)N(Cc1nccn1Cc1ccccc1C(F)(F)F)CC(C)C. The number of aromatic nitrogens is 2. The van der Waals surface area contributed by atoms with Crippen LogP contribution in [0.5, 0.6) is 0 Å². The normalized spacial score (nSPS) is 12.0. The fraction of sp³-hybridized carbons (Fsp3) is 0.524. The predicted octanol–water partition coefficient (Wildman–Crippen LogP) is 4.98. The molecule has 28 heavy (non-hydrogen) atoms. The summed E-state index contributed by atoms with van der Waals surface area (Å²) >= 11 is 0. The lowest BCUT2D eigenvalue weighted by atomic mass is 10.1. The van der Waals surface area contributed by atoms with E-state index in [0.29, 0.717) is 18.8 Å². The summed E-state index contributed by atoms with van der Waals surface area (Å²) in [6.07, 6.45) is -0.756. The molecule has 0 atom stereocenters. The first kappa shape index (κ1) is 22.0. The number of alkyl halides is 3. The van der Waals surface area contributed by atoms with Gasteiger partial charge in [0.1, 0.15) is 5.82 Å². The van der Waals surface area contributed by atoms with Gasteiger partial charge in [0.05, 0.1) is 12.1 Å². The van der Waals surface area contributed by atoms with E-state index in [0.717, 1.165) is 6.07 Å². The molecule has 2 aromatic rings. The number of carbonyl (C=O) groups is 1. The van der Waals surface area contributed by atoms with Crippen molar-refractivity contribution in [3.05, 3.63) is 53.6 Å². The lowest BCUT2D eigenvalue weighted by Crippen LogP contribution is -2.35. The standard InChI is InChI=1S/C21H28F3N3O/c1-15(2)11-20(28)27(12-16(3)4)14-19-25-9-10-26(19)13-17-7-5-6-8-18(17)21(22,23)24/h5-10,15-16H,11-14H2,1-4H3. The number of nitrogens with zero attached hydrogens (tertiary/aromatic N) is 3. The van der Waals surface area contributed by atoms with Gasteiger partial charge in [-0.2, -0.15) is 13.2 Å². The molecule has 0 radical (unpaired) electrons. The van der Waals surface area contributed by atoms with Gasteiger partial charge in [-0.3, -0.25) is 4.79 Å². The van der Waals surface area contributed by atoms with Crippen molar-refractivity contribution in [3.63, 3.8) is 0 Å². The summed E-state index contributed by atoms with van der Waals surface area (Å²) < 4.78 is 41.5. The molecule has 1 aromatic carbocycles. The van der Waals surface area contributed by atoms with Crippen LogP contribution in [-0.2, 0) is 24.1 Å². The molecular formula is C21H28F3N3O. The first-order valence-corrected chi connectivity index (χ1v) is 9.50. The quantitative estimate of drug-likeness (QED) is 0.632. The number of imidazole rings is 1. The number of halogens is 3. The third-order valence-corrected chi connectivity index (χ3v) is 4.32. The van der Waals surface area contributed by atoms with E-state index < -0.39 is 11.7 Å². The minimum Gasteiger partial charge on any atom is -0.335 e. The monoisotopic (exact) mass is 395 g/mol. The van der Waals surface area contributed by atoms with Crippen LogP contribution in [0.3, 0.4) is 0 Å². The Balaban J connectivity index is 2.24. The zero-order chi connectivity index (χ0) is 20.9. The average molecular weight is 395 g/mol. The summed E-state index contributed by atoms with van der Waals surface area (Å²) in [7, 11) is 0. The minimum absolute atomic E-state index is 0.0361. The van der Waals surface area contributed by atoms with Crippen LogP contribution in [0, 0.1) is 11.8 Å². The van der Waals surface area contributed by atoms with Crippen molar-refractivity contribution in [3.8, 4) is 0 Å². The second-order valence-electron chi connectivity index (χ2n) is 7.89. The molecule has 1 aromatic heterocycles. The predicted molar refractivity (Wildman–Crippen MR) is 102 cm³/mol. The topological polar surface area (TPSA) is 38.1 Å². The Kier molecular flexibility index (Phi) is 7.27. The molecule has 0 fully saturated rings. The summed E-state index contributed by atoms with van der Waals surface area (Å²) in [6.45, 7) is 8.95. The summed E-state index contributed by atoms with van der Waals surface area (Å²) in [5, 5.41) is 0. The molecular weight excluding hydrogens is 367 g/mol. The maximum Gasteiger partial charge on any atom is 0.416 e. The van der Waals surface area contributed by atoms with Crippen LogP contribution in [0.2, 0.25) is 0 Å². The minimum atomic E-state index is -4.41. The van der Waals surface area contributed by atoms with Gasteiger partial charge in [-0.25, -0.2) is 4.98 Å². The van der Waals surface area contributed by atoms with Gasteiger partial charge < -0.3 is 9.47 Å². The number of hydrogen-bond acceptors (Lipinski definition) is 2. The zero-order valence-corrected chi connectivity index (χ0v) is 16.8. The Morgan fingerprint density at radius 2 is 1.82 bits per heavy atom. The lowest BCUT2D eigenvalue weighted by Gasteiger charge is -2.25. The Bertz CT molecular complexity index is 781. The molecule has 0 bridgehead atoms. The van der Waals surface area contributed by atoms with E-state index in [1.807, 2.05) is 27.7 Å². The number of amides is 1. The van der Waals surface area contributed by atoms with Crippen molar-refractivity contribution >= 4 is 5.91 Å². The molecule has 0 N–H and O–H groups in total. The molecule has 1 amide bonds. The highest BCUT2D eigenvalue weighted by molar-refractivity contribution is 5.76. The van der Waals surface area contributed by atoms with Gasteiger partial charge in [-0.15, -0.1) is 0 Å². The van der Waals surface area contributed by atoms with Crippen molar-refractivity contribution in [2.75, 3.05) is 6.54 Å². The van der Waals surface area contributed by atoms with E-state index in [2.05, 4.69) is 4.98 Å². The summed E-state index contributed by atoms with van der Waals surface area (Å²) in [4.78, 5) is 18.7. The number of hydrogen-bond donors (Lipinski definition) is 0. The van der Waals surface area contributed by atoms with E-state index >= 15 is 0 Å². The molecule has 0 aliphatic carbocycles. The Labute approximate surface area is 164 Å². The fourth-order valence-corrected chi connectivity index (χ4v) is 3.10. The third-order valence-electron chi connectivity index (χ3n) is 4.32. The van der Waals surface area contributed by atoms with Gasteiger partial charge in [0.2, 0.25) is 5.91 Å². The second-order valence-corrected chi connectivity index (χ2v) is 7.89. The highest BCUT2D eigenvalue weighted by atomic mass is 19.4. The van der Waals surface area contributed by atoms with Crippen LogP contribution < -0.4 is 0 Å². The highest BCUT2D eigenvalue weighted by Gasteiger charge is 2.33. The Morgan fingerprint density at radius 3 is 2.43 bits per heavy atom. The largest absolute Gasteiger partial charge is 0.416 e. The van der Waals surface area contributed by atoms with Gasteiger partial charge in [0.25, 0.3) is 0 Å². The van der Waals surface area contributed by atoms with Gasteiger partial charge in [0.15, 0.2) is 0 Å². The maximum atomic E-state index is 13.3. The summed E-state index contributed by atoms with van der Waals surface area (Å²) in [5.74, 6) is 1.13. The van der Waals surface area contributed by atoms with Crippen molar-refractivity contribution in [1.29, 1.82) is 0 Å². The zero-order valence-electron chi connectivity index (χ0n) is 16.8. The molecule has 1 heterocycles. The molecule has 7 heteroatoms. The number of rotatable bonds is 8. The van der Waals surface area contributed by atoms with E-state index in [9.17, 15) is 18.0 Å². The first-order valence-electron chi connectivity index (χ1n) is 9.50. The van der Waals surface area contributed by atoms with Crippen LogP contribution in [-0.4, -0.2) is 26.9 Å². The van der Waals surface area contributed by atoms with Crippen molar-refractivity contribution in [2.24, 2.45) is 11.8 Å². The molecule has 2 rings (SSSR count). The molecule has 0 saturated carbocycles. The Hall–Kier alpha value is -2.31. The molecule has 0 aliphatic rings. The van der Waals surface area contributed by atoms with Gasteiger partial charge >= 0.3 is 6.18 Å². The van der Waals surface area contributed by atoms with E-state index in [4.69, 9.17) is 0 Å². The van der Waals surface area contributed by atoms with Gasteiger partial charge in [0, 0.05) is 31.9 Å².